The van der Waals surface area contributed by atoms with Gasteiger partial charge in [0.1, 0.15) is 0 Å². The summed E-state index contributed by atoms with van der Waals surface area (Å²) in [5.41, 5.74) is 0. The molecule has 2 heterocycles. The van der Waals surface area contributed by atoms with Crippen LogP contribution in [-0.2, 0) is 21.1 Å². The van der Waals surface area contributed by atoms with E-state index >= 15 is 0 Å². The van der Waals surface area contributed by atoms with E-state index in [2.05, 4.69) is 15.5 Å². The Hall–Kier alpha value is -1.19. The molecule has 1 fully saturated rings. The van der Waals surface area contributed by atoms with Crippen molar-refractivity contribution in [2.45, 2.75) is 19.0 Å². The van der Waals surface area contributed by atoms with E-state index in [-0.39, 0.29) is 17.5 Å². The van der Waals surface area contributed by atoms with Crippen LogP contribution < -0.4 is 10.2 Å². The molecular formula is C11H20N4O4S. The molecule has 0 aliphatic carbocycles. The zero-order valence-corrected chi connectivity index (χ0v) is 12.5. The van der Waals surface area contributed by atoms with Crippen LogP contribution in [0.2, 0.25) is 0 Å². The van der Waals surface area contributed by atoms with E-state index in [0.717, 1.165) is 0 Å². The van der Waals surface area contributed by atoms with Crippen LogP contribution in [0, 0.1) is 0 Å². The van der Waals surface area contributed by atoms with Crippen molar-refractivity contribution in [3.05, 3.63) is 5.89 Å². The van der Waals surface area contributed by atoms with Gasteiger partial charge in [0, 0.05) is 26.7 Å². The Labute approximate surface area is 118 Å². The highest BCUT2D eigenvalue weighted by atomic mass is 32.2. The first kappa shape index (κ1) is 15.2. The second kappa shape index (κ2) is 6.51. The number of ether oxygens (including phenoxy) is 1. The van der Waals surface area contributed by atoms with Gasteiger partial charge in [0.2, 0.25) is 5.89 Å². The molecule has 1 saturated heterocycles. The Morgan fingerprint density at radius 2 is 2.30 bits per heavy atom. The van der Waals surface area contributed by atoms with Crippen molar-refractivity contribution < 1.29 is 17.6 Å². The van der Waals surface area contributed by atoms with E-state index in [0.29, 0.717) is 38.0 Å². The number of anilines is 1. The summed E-state index contributed by atoms with van der Waals surface area (Å²) in [5.74, 6) is 0.846. The zero-order chi connectivity index (χ0) is 14.6. The van der Waals surface area contributed by atoms with Gasteiger partial charge in [0.15, 0.2) is 9.84 Å². The van der Waals surface area contributed by atoms with Gasteiger partial charge in [0.05, 0.1) is 24.7 Å². The van der Waals surface area contributed by atoms with Crippen molar-refractivity contribution in [1.29, 1.82) is 0 Å². The van der Waals surface area contributed by atoms with Gasteiger partial charge < -0.3 is 19.4 Å². The van der Waals surface area contributed by atoms with E-state index in [1.165, 1.54) is 0 Å². The van der Waals surface area contributed by atoms with Gasteiger partial charge in [-0.2, -0.15) is 0 Å². The third-order valence-electron chi connectivity index (χ3n) is 3.27. The average Bonchev–Trinajstić information content (AvgIpc) is 3.00. The molecule has 8 nitrogen and oxygen atoms in total. The Morgan fingerprint density at radius 3 is 2.95 bits per heavy atom. The van der Waals surface area contributed by atoms with E-state index < -0.39 is 9.84 Å². The third-order valence-corrected chi connectivity index (χ3v) is 5.02. The molecule has 1 atom stereocenters. The van der Waals surface area contributed by atoms with Gasteiger partial charge in [-0.15, -0.1) is 5.10 Å². The highest BCUT2D eigenvalue weighted by Crippen LogP contribution is 2.21. The summed E-state index contributed by atoms with van der Waals surface area (Å²) in [6.07, 6.45) is 0.600. The number of hydrogen-bond acceptors (Lipinski definition) is 8. The molecule has 0 saturated carbocycles. The first-order valence-corrected chi connectivity index (χ1v) is 8.29. The topological polar surface area (TPSA) is 97.6 Å². The van der Waals surface area contributed by atoms with Crippen LogP contribution in [0.3, 0.4) is 0 Å². The zero-order valence-electron chi connectivity index (χ0n) is 11.7. The number of methoxy groups -OCH3 is 1. The molecule has 0 spiro atoms. The fourth-order valence-corrected chi connectivity index (χ4v) is 3.84. The van der Waals surface area contributed by atoms with Crippen molar-refractivity contribution in [2.75, 3.05) is 43.7 Å². The minimum absolute atomic E-state index is 0.0882. The number of sulfone groups is 1. The molecule has 1 N–H and O–H groups in total. The van der Waals surface area contributed by atoms with Crippen molar-refractivity contribution in [3.63, 3.8) is 0 Å². The lowest BCUT2D eigenvalue weighted by Crippen LogP contribution is -2.32. The molecule has 1 unspecified atom stereocenters. The van der Waals surface area contributed by atoms with Crippen LogP contribution in [0.4, 0.5) is 6.01 Å². The normalized spacial score (nSPS) is 21.2. The predicted molar refractivity (Wildman–Crippen MR) is 73.3 cm³/mol. The first-order valence-electron chi connectivity index (χ1n) is 6.47. The lowest BCUT2D eigenvalue weighted by Gasteiger charge is -2.20. The summed E-state index contributed by atoms with van der Waals surface area (Å²) < 4.78 is 33.4. The van der Waals surface area contributed by atoms with Gasteiger partial charge in [0.25, 0.3) is 0 Å². The Morgan fingerprint density at radius 1 is 1.50 bits per heavy atom. The summed E-state index contributed by atoms with van der Waals surface area (Å²) in [6, 6.07) is 0.269. The number of nitrogens with zero attached hydrogens (tertiary/aromatic N) is 3. The van der Waals surface area contributed by atoms with Crippen LogP contribution in [0.5, 0.6) is 0 Å². The van der Waals surface area contributed by atoms with Gasteiger partial charge in [-0.3, -0.25) is 0 Å². The Balaban J connectivity index is 1.88. The first-order chi connectivity index (χ1) is 9.52. The minimum Gasteiger partial charge on any atom is -0.407 e. The molecule has 9 heteroatoms. The molecular weight excluding hydrogens is 284 g/mol. The van der Waals surface area contributed by atoms with Crippen LogP contribution in [0.25, 0.3) is 0 Å². The maximum atomic E-state index is 11.5. The summed E-state index contributed by atoms with van der Waals surface area (Å²) in [4.78, 5) is 1.75. The maximum Gasteiger partial charge on any atom is 0.318 e. The van der Waals surface area contributed by atoms with E-state index in [9.17, 15) is 8.42 Å². The summed E-state index contributed by atoms with van der Waals surface area (Å²) in [7, 11) is 0.495. The molecule has 20 heavy (non-hydrogen) atoms. The Bertz CT molecular complexity index is 530. The molecule has 1 aliphatic rings. The molecule has 1 aromatic heterocycles. The largest absolute Gasteiger partial charge is 0.407 e. The van der Waals surface area contributed by atoms with Crippen LogP contribution in [0.15, 0.2) is 4.42 Å². The fraction of sp³-hybridized carbons (Fsp3) is 0.818. The van der Waals surface area contributed by atoms with Gasteiger partial charge in [-0.1, -0.05) is 5.10 Å². The quantitative estimate of drug-likeness (QED) is 0.669. The van der Waals surface area contributed by atoms with E-state index in [1.807, 2.05) is 0 Å². The SMILES string of the molecule is COCCNCc1nnc(N(C)C2CCS(=O)(=O)C2)o1. The van der Waals surface area contributed by atoms with Gasteiger partial charge in [-0.25, -0.2) is 8.42 Å². The number of aromatic nitrogens is 2. The van der Waals surface area contributed by atoms with Crippen molar-refractivity contribution in [2.24, 2.45) is 0 Å². The highest BCUT2D eigenvalue weighted by Gasteiger charge is 2.32. The number of nitrogens with one attached hydrogen (secondary N) is 1. The molecule has 0 radical (unpaired) electrons. The fourth-order valence-electron chi connectivity index (χ4n) is 2.07. The molecule has 1 aliphatic heterocycles. The van der Waals surface area contributed by atoms with Crippen LogP contribution in [0.1, 0.15) is 12.3 Å². The second-order valence-corrected chi connectivity index (χ2v) is 7.04. The summed E-state index contributed by atoms with van der Waals surface area (Å²) in [5, 5.41) is 11.0. The molecule has 1 aromatic rings. The number of rotatable bonds is 7. The van der Waals surface area contributed by atoms with Crippen molar-refractivity contribution >= 4 is 15.9 Å². The summed E-state index contributed by atoms with van der Waals surface area (Å²) in [6.45, 7) is 1.78. The molecule has 114 valence electrons. The monoisotopic (exact) mass is 304 g/mol. The molecule has 0 amide bonds. The Kier molecular flexibility index (Phi) is 4.95. The standard InChI is InChI=1S/C11H20N4O4S/c1-15(9-3-6-20(16,17)8-9)11-14-13-10(19-11)7-12-4-5-18-2/h9,12H,3-8H2,1-2H3. The number of hydrogen-bond donors (Lipinski definition) is 1. The molecule has 0 bridgehead atoms. The van der Waals surface area contributed by atoms with Gasteiger partial charge in [-0.05, 0) is 6.42 Å². The van der Waals surface area contributed by atoms with E-state index in [4.69, 9.17) is 9.15 Å². The third kappa shape index (κ3) is 3.90. The predicted octanol–water partition coefficient (Wildman–Crippen LogP) is -0.571. The molecule has 2 rings (SSSR count). The summed E-state index contributed by atoms with van der Waals surface area (Å²) >= 11 is 0. The van der Waals surface area contributed by atoms with Crippen LogP contribution in [-0.4, -0.2) is 63.5 Å². The average molecular weight is 304 g/mol. The van der Waals surface area contributed by atoms with E-state index in [1.54, 1.807) is 19.1 Å². The molecule has 0 aromatic carbocycles. The lowest BCUT2D eigenvalue weighted by atomic mass is 10.2. The van der Waals surface area contributed by atoms with Gasteiger partial charge >= 0.3 is 6.01 Å². The van der Waals surface area contributed by atoms with Crippen molar-refractivity contribution in [3.8, 4) is 0 Å². The maximum absolute atomic E-state index is 11.5. The minimum atomic E-state index is -2.92. The second-order valence-electron chi connectivity index (χ2n) is 4.82. The van der Waals surface area contributed by atoms with Crippen LogP contribution >= 0.6 is 0 Å². The highest BCUT2D eigenvalue weighted by molar-refractivity contribution is 7.91. The van der Waals surface area contributed by atoms with Crippen molar-refractivity contribution in [1.82, 2.24) is 15.5 Å². The smallest absolute Gasteiger partial charge is 0.318 e. The lowest BCUT2D eigenvalue weighted by molar-refractivity contribution is 0.198.